The Morgan fingerprint density at radius 1 is 1.00 bits per heavy atom. The fraction of sp³-hybridized carbons (Fsp3) is 1.00. The molecule has 0 aromatic carbocycles. The Balaban J connectivity index is 3.65. The SMILES string of the molecule is CCCCCCC(N)C(C)(C)CCC. The predicted molar refractivity (Wildman–Crippen MR) is 65.4 cm³/mol. The molecule has 1 unspecified atom stereocenters. The Morgan fingerprint density at radius 2 is 1.64 bits per heavy atom. The zero-order valence-corrected chi connectivity index (χ0v) is 10.6. The molecule has 0 aromatic heterocycles. The maximum absolute atomic E-state index is 6.22. The van der Waals surface area contributed by atoms with Gasteiger partial charge in [-0.3, -0.25) is 0 Å². The second-order valence-corrected chi connectivity index (χ2v) is 5.19. The molecule has 0 saturated carbocycles. The zero-order chi connectivity index (χ0) is 11.0. The maximum Gasteiger partial charge on any atom is 0.00902 e. The molecular weight excluding hydrogens is 170 g/mol. The van der Waals surface area contributed by atoms with Crippen molar-refractivity contribution >= 4 is 0 Å². The van der Waals surface area contributed by atoms with Crippen LogP contribution in [0.3, 0.4) is 0 Å². The molecule has 2 N–H and O–H groups in total. The molecule has 0 saturated heterocycles. The van der Waals surface area contributed by atoms with Gasteiger partial charge in [-0.15, -0.1) is 0 Å². The van der Waals surface area contributed by atoms with Crippen LogP contribution in [-0.2, 0) is 0 Å². The Hall–Kier alpha value is -0.0400. The van der Waals surface area contributed by atoms with E-state index in [4.69, 9.17) is 5.73 Å². The van der Waals surface area contributed by atoms with Gasteiger partial charge in [-0.25, -0.2) is 0 Å². The molecule has 0 heterocycles. The predicted octanol–water partition coefficient (Wildman–Crippen LogP) is 4.11. The Morgan fingerprint density at radius 3 is 2.14 bits per heavy atom. The van der Waals surface area contributed by atoms with Crippen molar-refractivity contribution in [3.05, 3.63) is 0 Å². The third-order valence-electron chi connectivity index (χ3n) is 3.27. The van der Waals surface area contributed by atoms with Gasteiger partial charge in [0.05, 0.1) is 0 Å². The lowest BCUT2D eigenvalue weighted by Crippen LogP contribution is -2.37. The molecule has 1 nitrogen and oxygen atoms in total. The highest BCUT2D eigenvalue weighted by Crippen LogP contribution is 2.28. The first-order valence-electron chi connectivity index (χ1n) is 6.30. The van der Waals surface area contributed by atoms with Gasteiger partial charge in [0, 0.05) is 6.04 Å². The first kappa shape index (κ1) is 14.0. The topological polar surface area (TPSA) is 26.0 Å². The molecule has 0 bridgehead atoms. The van der Waals surface area contributed by atoms with Gasteiger partial charge in [0.15, 0.2) is 0 Å². The first-order valence-corrected chi connectivity index (χ1v) is 6.30. The van der Waals surface area contributed by atoms with Crippen LogP contribution in [0.2, 0.25) is 0 Å². The molecule has 0 spiro atoms. The normalized spacial score (nSPS) is 14.4. The van der Waals surface area contributed by atoms with Crippen molar-refractivity contribution in [2.24, 2.45) is 11.1 Å². The van der Waals surface area contributed by atoms with Crippen molar-refractivity contribution in [2.75, 3.05) is 0 Å². The highest BCUT2D eigenvalue weighted by molar-refractivity contribution is 4.80. The molecule has 86 valence electrons. The van der Waals surface area contributed by atoms with Crippen LogP contribution < -0.4 is 5.73 Å². The molecule has 0 amide bonds. The van der Waals surface area contributed by atoms with Crippen LogP contribution in [0, 0.1) is 5.41 Å². The minimum Gasteiger partial charge on any atom is -0.327 e. The molecule has 14 heavy (non-hydrogen) atoms. The summed E-state index contributed by atoms with van der Waals surface area (Å²) in [7, 11) is 0. The van der Waals surface area contributed by atoms with Crippen LogP contribution >= 0.6 is 0 Å². The average molecular weight is 199 g/mol. The van der Waals surface area contributed by atoms with Crippen molar-refractivity contribution in [1.29, 1.82) is 0 Å². The fourth-order valence-electron chi connectivity index (χ4n) is 2.01. The number of hydrogen-bond acceptors (Lipinski definition) is 1. The quantitative estimate of drug-likeness (QED) is 0.585. The summed E-state index contributed by atoms with van der Waals surface area (Å²) in [4.78, 5) is 0. The Bertz CT molecular complexity index is 129. The van der Waals surface area contributed by atoms with E-state index in [0.717, 1.165) is 0 Å². The highest BCUT2D eigenvalue weighted by Gasteiger charge is 2.24. The maximum atomic E-state index is 6.22. The van der Waals surface area contributed by atoms with Crippen molar-refractivity contribution in [1.82, 2.24) is 0 Å². The largest absolute Gasteiger partial charge is 0.327 e. The van der Waals surface area contributed by atoms with Crippen molar-refractivity contribution in [3.8, 4) is 0 Å². The number of nitrogens with two attached hydrogens (primary N) is 1. The van der Waals surface area contributed by atoms with Gasteiger partial charge in [0.2, 0.25) is 0 Å². The molecule has 0 aliphatic heterocycles. The van der Waals surface area contributed by atoms with E-state index < -0.39 is 0 Å². The van der Waals surface area contributed by atoms with Gasteiger partial charge in [-0.05, 0) is 18.3 Å². The smallest absolute Gasteiger partial charge is 0.00902 e. The number of rotatable bonds is 8. The van der Waals surface area contributed by atoms with Gasteiger partial charge in [-0.1, -0.05) is 59.8 Å². The van der Waals surface area contributed by atoms with Crippen LogP contribution in [0.5, 0.6) is 0 Å². The summed E-state index contributed by atoms with van der Waals surface area (Å²) < 4.78 is 0. The second kappa shape index (κ2) is 7.28. The van der Waals surface area contributed by atoms with E-state index in [-0.39, 0.29) is 0 Å². The lowest BCUT2D eigenvalue weighted by Gasteiger charge is -2.31. The van der Waals surface area contributed by atoms with Crippen LogP contribution in [-0.4, -0.2) is 6.04 Å². The summed E-state index contributed by atoms with van der Waals surface area (Å²) in [5.74, 6) is 0. The van der Waals surface area contributed by atoms with Crippen LogP contribution in [0.25, 0.3) is 0 Å². The molecule has 0 aliphatic rings. The van der Waals surface area contributed by atoms with E-state index in [1.807, 2.05) is 0 Å². The lowest BCUT2D eigenvalue weighted by molar-refractivity contribution is 0.245. The molecule has 1 heteroatoms. The van der Waals surface area contributed by atoms with E-state index in [0.29, 0.717) is 11.5 Å². The Kier molecular flexibility index (Phi) is 7.26. The third kappa shape index (κ3) is 5.64. The summed E-state index contributed by atoms with van der Waals surface area (Å²) in [5, 5.41) is 0. The average Bonchev–Trinajstić information content (AvgIpc) is 2.12. The van der Waals surface area contributed by atoms with E-state index in [9.17, 15) is 0 Å². The summed E-state index contributed by atoms with van der Waals surface area (Å²) >= 11 is 0. The molecule has 1 atom stereocenters. The van der Waals surface area contributed by atoms with E-state index >= 15 is 0 Å². The van der Waals surface area contributed by atoms with Crippen LogP contribution in [0.1, 0.15) is 72.6 Å². The third-order valence-corrected chi connectivity index (χ3v) is 3.27. The summed E-state index contributed by atoms with van der Waals surface area (Å²) in [5.41, 5.74) is 6.55. The minimum absolute atomic E-state index is 0.334. The monoisotopic (exact) mass is 199 g/mol. The molecule has 0 aliphatic carbocycles. The standard InChI is InChI=1S/C13H29N/c1-5-7-8-9-10-12(14)13(3,4)11-6-2/h12H,5-11,14H2,1-4H3. The zero-order valence-electron chi connectivity index (χ0n) is 10.6. The van der Waals surface area contributed by atoms with Crippen molar-refractivity contribution in [3.63, 3.8) is 0 Å². The Labute approximate surface area is 90.5 Å². The summed E-state index contributed by atoms with van der Waals surface area (Å²) in [6, 6.07) is 0.388. The summed E-state index contributed by atoms with van der Waals surface area (Å²) in [6.07, 6.45) is 9.04. The number of unbranched alkanes of at least 4 members (excludes halogenated alkanes) is 3. The first-order chi connectivity index (χ1) is 6.54. The molecule has 0 fully saturated rings. The van der Waals surface area contributed by atoms with Gasteiger partial charge >= 0.3 is 0 Å². The van der Waals surface area contributed by atoms with Crippen LogP contribution in [0.4, 0.5) is 0 Å². The van der Waals surface area contributed by atoms with Crippen LogP contribution in [0.15, 0.2) is 0 Å². The lowest BCUT2D eigenvalue weighted by atomic mass is 9.78. The molecular formula is C13H29N. The molecule has 0 aromatic rings. The van der Waals surface area contributed by atoms with E-state index in [1.54, 1.807) is 0 Å². The summed E-state index contributed by atoms with van der Waals surface area (Å²) in [6.45, 7) is 9.11. The van der Waals surface area contributed by atoms with Crippen molar-refractivity contribution < 1.29 is 0 Å². The van der Waals surface area contributed by atoms with E-state index in [1.165, 1.54) is 44.9 Å². The van der Waals surface area contributed by atoms with Crippen molar-refractivity contribution in [2.45, 2.75) is 78.7 Å². The van der Waals surface area contributed by atoms with Gasteiger partial charge in [0.1, 0.15) is 0 Å². The minimum atomic E-state index is 0.334. The molecule has 0 radical (unpaired) electrons. The van der Waals surface area contributed by atoms with Gasteiger partial charge < -0.3 is 5.73 Å². The fourth-order valence-corrected chi connectivity index (χ4v) is 2.01. The highest BCUT2D eigenvalue weighted by atomic mass is 14.7. The molecule has 0 rings (SSSR count). The van der Waals surface area contributed by atoms with E-state index in [2.05, 4.69) is 27.7 Å². The van der Waals surface area contributed by atoms with Gasteiger partial charge in [0.25, 0.3) is 0 Å². The second-order valence-electron chi connectivity index (χ2n) is 5.19. The number of hydrogen-bond donors (Lipinski definition) is 1. The van der Waals surface area contributed by atoms with Gasteiger partial charge in [-0.2, -0.15) is 0 Å².